The molecule has 0 fully saturated rings. The minimum atomic E-state index is -0.285. The summed E-state index contributed by atoms with van der Waals surface area (Å²) >= 11 is 4.57. The number of ether oxygens (including phenoxy) is 1. The summed E-state index contributed by atoms with van der Waals surface area (Å²) in [5, 5.41) is 14.5. The Hall–Kier alpha value is -2.30. The fraction of sp³-hybridized carbons (Fsp3) is 0.222. The molecule has 3 aromatic heterocycles. The molecule has 0 amide bonds. The number of aryl methyl sites for hydroxylation is 1. The second-order valence-electron chi connectivity index (χ2n) is 5.76. The lowest BCUT2D eigenvalue weighted by molar-refractivity contribution is 0.305. The van der Waals surface area contributed by atoms with Gasteiger partial charge in [0.25, 0.3) is 5.22 Å². The Balaban J connectivity index is 1.27. The van der Waals surface area contributed by atoms with Crippen LogP contribution >= 0.6 is 34.4 Å². The number of aromatic nitrogens is 4. The molecule has 4 aromatic rings. The number of rotatable bonds is 8. The average Bonchev–Trinajstić information content (AvgIpc) is 3.42. The standard InChI is InChI=1S/C18H15FN4O2S3/c1-11-20-13(8-26-11)6-16-22-23-18(25-16)28-10-14-9-27-17(21-14)7-24-15-4-2-12(19)3-5-15/h2-5,8-9H,6-7,10H2,1H3. The van der Waals surface area contributed by atoms with Crippen molar-refractivity contribution in [2.24, 2.45) is 0 Å². The van der Waals surface area contributed by atoms with E-state index in [0.717, 1.165) is 21.4 Å². The average molecular weight is 435 g/mol. The molecular weight excluding hydrogens is 419 g/mol. The summed E-state index contributed by atoms with van der Waals surface area (Å²) in [7, 11) is 0. The van der Waals surface area contributed by atoms with Crippen molar-refractivity contribution in [2.45, 2.75) is 30.9 Å². The third-order valence-electron chi connectivity index (χ3n) is 3.57. The number of halogens is 1. The van der Waals surface area contributed by atoms with Gasteiger partial charge in [-0.3, -0.25) is 0 Å². The van der Waals surface area contributed by atoms with Crippen LogP contribution in [0, 0.1) is 12.7 Å². The molecule has 0 bridgehead atoms. The molecular formula is C18H15FN4O2S3. The van der Waals surface area contributed by atoms with Gasteiger partial charge in [0.15, 0.2) is 0 Å². The van der Waals surface area contributed by atoms with E-state index < -0.39 is 0 Å². The Kier molecular flexibility index (Phi) is 5.98. The van der Waals surface area contributed by atoms with Crippen molar-refractivity contribution in [2.75, 3.05) is 0 Å². The van der Waals surface area contributed by atoms with E-state index in [2.05, 4.69) is 20.2 Å². The summed E-state index contributed by atoms with van der Waals surface area (Å²) in [5.74, 6) is 1.51. The van der Waals surface area contributed by atoms with E-state index in [0.29, 0.717) is 35.6 Å². The Morgan fingerprint density at radius 3 is 2.68 bits per heavy atom. The van der Waals surface area contributed by atoms with Gasteiger partial charge < -0.3 is 9.15 Å². The predicted octanol–water partition coefficient (Wildman–Crippen LogP) is 4.89. The molecule has 10 heteroatoms. The third-order valence-corrected chi connectivity index (χ3v) is 6.11. The van der Waals surface area contributed by atoms with Crippen LogP contribution in [0.15, 0.2) is 44.7 Å². The molecule has 4 rings (SSSR count). The Morgan fingerprint density at radius 1 is 1.07 bits per heavy atom. The SMILES string of the molecule is Cc1nc(Cc2nnc(SCc3csc(COc4ccc(F)cc4)n3)o2)cs1. The molecule has 0 aliphatic heterocycles. The molecule has 1 aromatic carbocycles. The van der Waals surface area contributed by atoms with E-state index in [-0.39, 0.29) is 5.82 Å². The molecule has 0 aliphatic carbocycles. The van der Waals surface area contributed by atoms with Crippen LogP contribution in [-0.4, -0.2) is 20.2 Å². The minimum absolute atomic E-state index is 0.285. The highest BCUT2D eigenvalue weighted by Crippen LogP contribution is 2.24. The van der Waals surface area contributed by atoms with Crippen molar-refractivity contribution in [1.82, 2.24) is 20.2 Å². The highest BCUT2D eigenvalue weighted by atomic mass is 32.2. The number of benzene rings is 1. The monoisotopic (exact) mass is 434 g/mol. The zero-order valence-electron chi connectivity index (χ0n) is 14.8. The summed E-state index contributed by atoms with van der Waals surface area (Å²) in [5.41, 5.74) is 1.86. The van der Waals surface area contributed by atoms with Gasteiger partial charge in [-0.25, -0.2) is 14.4 Å². The molecule has 0 spiro atoms. The van der Waals surface area contributed by atoms with Crippen LogP contribution in [0.1, 0.15) is 27.3 Å². The molecule has 6 nitrogen and oxygen atoms in total. The summed E-state index contributed by atoms with van der Waals surface area (Å²) in [6, 6.07) is 5.93. The molecule has 144 valence electrons. The number of hydrogen-bond acceptors (Lipinski definition) is 9. The van der Waals surface area contributed by atoms with Crippen LogP contribution in [0.25, 0.3) is 0 Å². The Morgan fingerprint density at radius 2 is 1.89 bits per heavy atom. The molecule has 0 atom stereocenters. The zero-order chi connectivity index (χ0) is 19.3. The van der Waals surface area contributed by atoms with Gasteiger partial charge in [-0.15, -0.1) is 32.9 Å². The van der Waals surface area contributed by atoms with Crippen molar-refractivity contribution in [1.29, 1.82) is 0 Å². The fourth-order valence-electron chi connectivity index (χ4n) is 2.31. The molecule has 0 saturated carbocycles. The number of thioether (sulfide) groups is 1. The van der Waals surface area contributed by atoms with Gasteiger partial charge in [-0.05, 0) is 31.2 Å². The van der Waals surface area contributed by atoms with Crippen molar-refractivity contribution in [3.05, 3.63) is 68.1 Å². The second-order valence-corrected chi connectivity index (χ2v) is 8.69. The van der Waals surface area contributed by atoms with Crippen molar-refractivity contribution >= 4 is 34.4 Å². The topological polar surface area (TPSA) is 73.9 Å². The lowest BCUT2D eigenvalue weighted by Gasteiger charge is -2.03. The highest BCUT2D eigenvalue weighted by Gasteiger charge is 2.11. The molecule has 3 heterocycles. The molecule has 0 N–H and O–H groups in total. The summed E-state index contributed by atoms with van der Waals surface area (Å²) < 4.78 is 24.2. The summed E-state index contributed by atoms with van der Waals surface area (Å²) in [6.07, 6.45) is 0.541. The van der Waals surface area contributed by atoms with Crippen molar-refractivity contribution in [3.63, 3.8) is 0 Å². The van der Waals surface area contributed by atoms with Gasteiger partial charge in [0.1, 0.15) is 23.2 Å². The molecule has 0 radical (unpaired) electrons. The second kappa shape index (κ2) is 8.80. The van der Waals surface area contributed by atoms with E-state index in [1.807, 2.05) is 17.7 Å². The van der Waals surface area contributed by atoms with Crippen LogP contribution in [0.5, 0.6) is 5.75 Å². The maximum Gasteiger partial charge on any atom is 0.276 e. The third kappa shape index (κ3) is 5.15. The first kappa shape index (κ1) is 19.0. The summed E-state index contributed by atoms with van der Waals surface area (Å²) in [6.45, 7) is 2.31. The van der Waals surface area contributed by atoms with Crippen LogP contribution in [0.3, 0.4) is 0 Å². The van der Waals surface area contributed by atoms with Gasteiger partial charge >= 0.3 is 0 Å². The van der Waals surface area contributed by atoms with Gasteiger partial charge in [-0.2, -0.15) is 0 Å². The maximum atomic E-state index is 12.9. The van der Waals surface area contributed by atoms with Gasteiger partial charge in [-0.1, -0.05) is 11.8 Å². The van der Waals surface area contributed by atoms with E-state index in [4.69, 9.17) is 9.15 Å². The highest BCUT2D eigenvalue weighted by molar-refractivity contribution is 7.98. The lowest BCUT2D eigenvalue weighted by atomic mass is 10.3. The van der Waals surface area contributed by atoms with E-state index in [1.165, 1.54) is 35.2 Å². The van der Waals surface area contributed by atoms with E-state index in [1.54, 1.807) is 23.5 Å². The van der Waals surface area contributed by atoms with Gasteiger partial charge in [0.05, 0.1) is 22.8 Å². The predicted molar refractivity (Wildman–Crippen MR) is 106 cm³/mol. The molecule has 0 unspecified atom stereocenters. The Bertz CT molecular complexity index is 1050. The van der Waals surface area contributed by atoms with Gasteiger partial charge in [0.2, 0.25) is 5.89 Å². The zero-order valence-corrected chi connectivity index (χ0v) is 17.2. The normalized spacial score (nSPS) is 11.1. The largest absolute Gasteiger partial charge is 0.486 e. The van der Waals surface area contributed by atoms with Gasteiger partial charge in [0, 0.05) is 16.5 Å². The molecule has 0 saturated heterocycles. The minimum Gasteiger partial charge on any atom is -0.486 e. The van der Waals surface area contributed by atoms with Crippen LogP contribution < -0.4 is 4.74 Å². The first-order valence-corrected chi connectivity index (χ1v) is 11.1. The molecule has 0 aliphatic rings. The van der Waals surface area contributed by atoms with Crippen molar-refractivity contribution < 1.29 is 13.5 Å². The quantitative estimate of drug-likeness (QED) is 0.365. The first-order valence-electron chi connectivity index (χ1n) is 8.32. The smallest absolute Gasteiger partial charge is 0.276 e. The van der Waals surface area contributed by atoms with E-state index in [9.17, 15) is 4.39 Å². The van der Waals surface area contributed by atoms with E-state index >= 15 is 0 Å². The lowest BCUT2D eigenvalue weighted by Crippen LogP contribution is -1.95. The van der Waals surface area contributed by atoms with Crippen LogP contribution in [0.2, 0.25) is 0 Å². The Labute approximate surface area is 172 Å². The number of hydrogen-bond donors (Lipinski definition) is 0. The van der Waals surface area contributed by atoms with Crippen LogP contribution in [-0.2, 0) is 18.8 Å². The maximum absolute atomic E-state index is 12.9. The number of nitrogens with zero attached hydrogens (tertiary/aromatic N) is 4. The molecule has 28 heavy (non-hydrogen) atoms. The van der Waals surface area contributed by atoms with Crippen LogP contribution in [0.4, 0.5) is 4.39 Å². The van der Waals surface area contributed by atoms with Crippen molar-refractivity contribution in [3.8, 4) is 5.75 Å². The fourth-order valence-corrected chi connectivity index (χ4v) is 4.40. The number of thiazole rings is 2. The summed E-state index contributed by atoms with van der Waals surface area (Å²) in [4.78, 5) is 8.94. The first-order chi connectivity index (χ1) is 13.6.